The first-order chi connectivity index (χ1) is 10.3. The quantitative estimate of drug-likeness (QED) is 0.587. The molecule has 1 aliphatic heterocycles. The molecule has 2 aromatic carbocycles. The van der Waals surface area contributed by atoms with Crippen molar-refractivity contribution in [1.29, 1.82) is 0 Å². The van der Waals surface area contributed by atoms with E-state index < -0.39 is 0 Å². The maximum atomic E-state index is 5.16. The van der Waals surface area contributed by atoms with Crippen LogP contribution in [-0.2, 0) is 6.54 Å². The number of imidazole rings is 1. The van der Waals surface area contributed by atoms with Gasteiger partial charge in [-0.05, 0) is 47.7 Å². The second-order valence-corrected chi connectivity index (χ2v) is 6.20. The summed E-state index contributed by atoms with van der Waals surface area (Å²) in [5.74, 6) is 0. The number of H-pyrrole nitrogens is 2. The first-order valence-electron chi connectivity index (χ1n) is 6.58. The maximum absolute atomic E-state index is 5.16. The van der Waals surface area contributed by atoms with Crippen molar-refractivity contribution in [3.05, 3.63) is 52.8 Å². The number of benzene rings is 2. The summed E-state index contributed by atoms with van der Waals surface area (Å²) < 4.78 is 0.641. The Morgan fingerprint density at radius 2 is 1.95 bits per heavy atom. The van der Waals surface area contributed by atoms with Gasteiger partial charge in [-0.3, -0.25) is 4.99 Å². The van der Waals surface area contributed by atoms with E-state index >= 15 is 0 Å². The highest BCUT2D eigenvalue weighted by Crippen LogP contribution is 2.30. The average molecular weight is 312 g/mol. The fourth-order valence-electron chi connectivity index (χ4n) is 2.37. The molecule has 0 radical (unpaired) electrons. The minimum Gasteiger partial charge on any atom is -0.334 e. The third-order valence-electron chi connectivity index (χ3n) is 3.37. The van der Waals surface area contributed by atoms with Gasteiger partial charge in [0.2, 0.25) is 0 Å². The Hall–Kier alpha value is -2.05. The molecular weight excluding hydrogens is 300 g/mol. The zero-order chi connectivity index (χ0) is 14.2. The molecule has 4 nitrogen and oxygen atoms in total. The molecule has 0 unspecified atom stereocenters. The van der Waals surface area contributed by atoms with Gasteiger partial charge >= 0.3 is 0 Å². The highest BCUT2D eigenvalue weighted by molar-refractivity contribution is 8.14. The largest absolute Gasteiger partial charge is 0.334 e. The molecular formula is C15H12N4S2. The number of anilines is 1. The zero-order valence-corrected chi connectivity index (χ0v) is 12.6. The zero-order valence-electron chi connectivity index (χ0n) is 11.0. The SMILES string of the molecule is S=c1[nH]c2cccc(SC3=NCc4ccccc4N3)c2[nH]1. The van der Waals surface area contributed by atoms with Crippen molar-refractivity contribution in [2.45, 2.75) is 11.4 Å². The summed E-state index contributed by atoms with van der Waals surface area (Å²) in [6, 6.07) is 14.3. The summed E-state index contributed by atoms with van der Waals surface area (Å²) in [6.07, 6.45) is 0. The molecule has 0 spiro atoms. The predicted molar refractivity (Wildman–Crippen MR) is 90.5 cm³/mol. The van der Waals surface area contributed by atoms with Crippen molar-refractivity contribution in [2.24, 2.45) is 4.99 Å². The molecule has 2 heterocycles. The molecule has 3 N–H and O–H groups in total. The van der Waals surface area contributed by atoms with Crippen LogP contribution in [0.25, 0.3) is 11.0 Å². The van der Waals surface area contributed by atoms with E-state index in [-0.39, 0.29) is 0 Å². The lowest BCUT2D eigenvalue weighted by atomic mass is 10.1. The molecule has 0 saturated carbocycles. The molecule has 0 amide bonds. The summed E-state index contributed by atoms with van der Waals surface area (Å²) in [7, 11) is 0. The number of aromatic amines is 2. The van der Waals surface area contributed by atoms with Crippen LogP contribution in [0.4, 0.5) is 5.69 Å². The molecule has 0 aliphatic carbocycles. The van der Waals surface area contributed by atoms with Crippen LogP contribution < -0.4 is 5.32 Å². The molecule has 0 saturated heterocycles. The van der Waals surface area contributed by atoms with E-state index in [0.29, 0.717) is 11.3 Å². The normalized spacial score (nSPS) is 13.6. The van der Waals surface area contributed by atoms with Gasteiger partial charge in [0.1, 0.15) is 0 Å². The summed E-state index contributed by atoms with van der Waals surface area (Å²) in [6.45, 7) is 0.713. The summed E-state index contributed by atoms with van der Waals surface area (Å²) in [5, 5.41) is 4.28. The second kappa shape index (κ2) is 5.05. The Balaban J connectivity index is 1.67. The summed E-state index contributed by atoms with van der Waals surface area (Å²) in [4.78, 5) is 12.0. The van der Waals surface area contributed by atoms with Crippen LogP contribution in [0.5, 0.6) is 0 Å². The molecule has 6 heteroatoms. The number of thioether (sulfide) groups is 1. The molecule has 4 rings (SSSR count). The monoisotopic (exact) mass is 312 g/mol. The van der Waals surface area contributed by atoms with Crippen molar-refractivity contribution >= 4 is 45.9 Å². The van der Waals surface area contributed by atoms with E-state index in [0.717, 1.165) is 26.8 Å². The van der Waals surface area contributed by atoms with Crippen molar-refractivity contribution in [2.75, 3.05) is 5.32 Å². The van der Waals surface area contributed by atoms with Gasteiger partial charge in [-0.2, -0.15) is 0 Å². The van der Waals surface area contributed by atoms with E-state index in [1.54, 1.807) is 11.8 Å². The third kappa shape index (κ3) is 2.36. The third-order valence-corrected chi connectivity index (χ3v) is 4.56. The van der Waals surface area contributed by atoms with Crippen molar-refractivity contribution in [3.63, 3.8) is 0 Å². The Kier molecular flexibility index (Phi) is 3.05. The standard InChI is InChI=1S/C15H12N4S2/c20-14-17-11-6-3-7-12(13(11)19-14)21-15-16-8-9-4-1-2-5-10(9)18-15/h1-7H,8H2,(H,16,18)(H2,17,19,20). The maximum Gasteiger partial charge on any atom is 0.175 e. The topological polar surface area (TPSA) is 56.0 Å². The van der Waals surface area contributed by atoms with Gasteiger partial charge in [0.05, 0.1) is 17.6 Å². The molecule has 1 aromatic heterocycles. The first kappa shape index (κ1) is 12.7. The van der Waals surface area contributed by atoms with Gasteiger partial charge in [-0.1, -0.05) is 24.3 Å². The summed E-state index contributed by atoms with van der Waals surface area (Å²) in [5.41, 5.74) is 4.39. The Morgan fingerprint density at radius 3 is 2.90 bits per heavy atom. The molecule has 0 fully saturated rings. The van der Waals surface area contributed by atoms with Crippen LogP contribution in [0.3, 0.4) is 0 Å². The number of nitrogens with zero attached hydrogens (tertiary/aromatic N) is 1. The fraction of sp³-hybridized carbons (Fsp3) is 0.0667. The van der Waals surface area contributed by atoms with Gasteiger partial charge in [0, 0.05) is 10.6 Å². The first-order valence-corrected chi connectivity index (χ1v) is 7.80. The van der Waals surface area contributed by atoms with Crippen LogP contribution >= 0.6 is 24.0 Å². The smallest absolute Gasteiger partial charge is 0.175 e. The molecule has 0 atom stereocenters. The van der Waals surface area contributed by atoms with Crippen LogP contribution in [0.15, 0.2) is 52.4 Å². The van der Waals surface area contributed by atoms with Crippen LogP contribution in [0.1, 0.15) is 5.56 Å². The average Bonchev–Trinajstić information content (AvgIpc) is 2.89. The van der Waals surface area contributed by atoms with Crippen molar-refractivity contribution in [3.8, 4) is 0 Å². The number of hydrogen-bond acceptors (Lipinski definition) is 4. The van der Waals surface area contributed by atoms with Gasteiger partial charge in [-0.15, -0.1) is 0 Å². The Bertz CT molecular complexity index is 907. The number of para-hydroxylation sites is 2. The van der Waals surface area contributed by atoms with Crippen molar-refractivity contribution in [1.82, 2.24) is 9.97 Å². The molecule has 0 bridgehead atoms. The minimum absolute atomic E-state index is 0.641. The van der Waals surface area contributed by atoms with Crippen LogP contribution in [0.2, 0.25) is 0 Å². The lowest BCUT2D eigenvalue weighted by molar-refractivity contribution is 1.06. The fourth-order valence-corrected chi connectivity index (χ4v) is 3.49. The van der Waals surface area contributed by atoms with E-state index in [1.165, 1.54) is 5.56 Å². The number of nitrogens with one attached hydrogen (secondary N) is 3. The van der Waals surface area contributed by atoms with Gasteiger partial charge < -0.3 is 15.3 Å². The number of fused-ring (bicyclic) bond motifs is 2. The summed E-state index contributed by atoms with van der Waals surface area (Å²) >= 11 is 6.78. The van der Waals surface area contributed by atoms with Crippen molar-refractivity contribution < 1.29 is 0 Å². The number of amidine groups is 1. The Morgan fingerprint density at radius 1 is 1.05 bits per heavy atom. The number of hydrogen-bond donors (Lipinski definition) is 3. The number of rotatable bonds is 1. The molecule has 3 aromatic rings. The van der Waals surface area contributed by atoms with Crippen LogP contribution in [0, 0.1) is 4.77 Å². The second-order valence-electron chi connectivity index (χ2n) is 4.76. The van der Waals surface area contributed by atoms with E-state index in [2.05, 4.69) is 38.5 Å². The lowest BCUT2D eigenvalue weighted by Gasteiger charge is -2.17. The predicted octanol–water partition coefficient (Wildman–Crippen LogP) is 4.30. The highest BCUT2D eigenvalue weighted by atomic mass is 32.2. The molecule has 21 heavy (non-hydrogen) atoms. The highest BCUT2D eigenvalue weighted by Gasteiger charge is 2.13. The number of aromatic nitrogens is 2. The van der Waals surface area contributed by atoms with Crippen LogP contribution in [-0.4, -0.2) is 15.1 Å². The lowest BCUT2D eigenvalue weighted by Crippen LogP contribution is -2.14. The molecule has 104 valence electrons. The van der Waals surface area contributed by atoms with E-state index in [4.69, 9.17) is 12.2 Å². The number of aliphatic imine (C=N–C) groups is 1. The minimum atomic E-state index is 0.641. The molecule has 1 aliphatic rings. The van der Waals surface area contributed by atoms with E-state index in [1.807, 2.05) is 24.3 Å². The van der Waals surface area contributed by atoms with Gasteiger partial charge in [-0.25, -0.2) is 0 Å². The van der Waals surface area contributed by atoms with E-state index in [9.17, 15) is 0 Å². The van der Waals surface area contributed by atoms with Gasteiger partial charge in [0.25, 0.3) is 0 Å². The van der Waals surface area contributed by atoms with Gasteiger partial charge in [0.15, 0.2) is 9.94 Å². The Labute approximate surface area is 130 Å².